The van der Waals surface area contributed by atoms with Gasteiger partial charge in [0.15, 0.2) is 0 Å². The van der Waals surface area contributed by atoms with Crippen LogP contribution in [0.25, 0.3) is 0 Å². The molecule has 0 atom stereocenters. The summed E-state index contributed by atoms with van der Waals surface area (Å²) in [6.07, 6.45) is 1.70. The number of sulfonamides is 1. The number of benzene rings is 1. The molecule has 0 spiro atoms. The van der Waals surface area contributed by atoms with Crippen LogP contribution in [0.2, 0.25) is 0 Å². The quantitative estimate of drug-likeness (QED) is 0.724. The van der Waals surface area contributed by atoms with Crippen LogP contribution in [-0.4, -0.2) is 62.3 Å². The van der Waals surface area contributed by atoms with E-state index < -0.39 is 16.1 Å². The molecule has 2 saturated heterocycles. The summed E-state index contributed by atoms with van der Waals surface area (Å²) in [6.45, 7) is 4.46. The Balaban J connectivity index is 1.96. The second-order valence-corrected chi connectivity index (χ2v) is 8.61. The number of methoxy groups -OCH3 is 1. The van der Waals surface area contributed by atoms with Gasteiger partial charge in [0.1, 0.15) is 12.3 Å². The van der Waals surface area contributed by atoms with E-state index in [0.717, 1.165) is 12.8 Å². The number of anilines is 1. The van der Waals surface area contributed by atoms with E-state index in [1.165, 1.54) is 39.4 Å². The second kappa shape index (κ2) is 6.88. The molecular formula is C17H23N3O5S. The van der Waals surface area contributed by atoms with Gasteiger partial charge in [-0.05, 0) is 38.8 Å². The molecule has 1 aromatic rings. The molecule has 2 aliphatic rings. The first-order valence-corrected chi connectivity index (χ1v) is 10.0. The fourth-order valence-electron chi connectivity index (χ4n) is 3.33. The zero-order valence-corrected chi connectivity index (χ0v) is 16.0. The summed E-state index contributed by atoms with van der Waals surface area (Å²) in [4.78, 5) is 27.3. The lowest BCUT2D eigenvalue weighted by molar-refractivity contribution is -0.125. The molecule has 1 aromatic carbocycles. The van der Waals surface area contributed by atoms with Crippen LogP contribution >= 0.6 is 0 Å². The van der Waals surface area contributed by atoms with Gasteiger partial charge in [0.05, 0.1) is 17.7 Å². The molecule has 0 bridgehead atoms. The molecule has 26 heavy (non-hydrogen) atoms. The molecule has 3 amide bonds. The van der Waals surface area contributed by atoms with Gasteiger partial charge in [0.2, 0.25) is 10.0 Å². The van der Waals surface area contributed by atoms with Crippen molar-refractivity contribution in [3.8, 4) is 5.75 Å². The highest BCUT2D eigenvalue weighted by Gasteiger charge is 2.40. The molecular weight excluding hydrogens is 358 g/mol. The maximum Gasteiger partial charge on any atom is 0.332 e. The zero-order chi connectivity index (χ0) is 19.1. The monoisotopic (exact) mass is 381 g/mol. The van der Waals surface area contributed by atoms with E-state index in [-0.39, 0.29) is 29.1 Å². The van der Waals surface area contributed by atoms with Gasteiger partial charge in [-0.3, -0.25) is 14.6 Å². The Kier molecular flexibility index (Phi) is 4.94. The minimum atomic E-state index is -3.59. The molecule has 9 heteroatoms. The summed E-state index contributed by atoms with van der Waals surface area (Å²) in [5.41, 5.74) is 0.384. The number of nitrogens with zero attached hydrogens (tertiary/aromatic N) is 3. The summed E-state index contributed by atoms with van der Waals surface area (Å²) in [5.74, 6) is -0.0437. The molecule has 0 saturated carbocycles. The summed E-state index contributed by atoms with van der Waals surface area (Å²) < 4.78 is 32.2. The Morgan fingerprint density at radius 3 is 2.31 bits per heavy atom. The van der Waals surface area contributed by atoms with Gasteiger partial charge in [0, 0.05) is 25.2 Å². The Labute approximate surface area is 153 Å². The molecule has 0 unspecified atom stereocenters. The number of amides is 3. The summed E-state index contributed by atoms with van der Waals surface area (Å²) >= 11 is 0. The van der Waals surface area contributed by atoms with Crippen molar-refractivity contribution < 1.29 is 22.7 Å². The average molecular weight is 381 g/mol. The predicted octanol–water partition coefficient (Wildman–Crippen LogP) is 1.66. The first-order valence-electron chi connectivity index (χ1n) is 8.59. The number of carbonyl (C=O) groups is 2. The average Bonchev–Trinajstić information content (AvgIpc) is 3.22. The van der Waals surface area contributed by atoms with Gasteiger partial charge in [-0.15, -0.1) is 0 Å². The number of carbonyl (C=O) groups excluding carboxylic acids is 2. The van der Waals surface area contributed by atoms with Crippen LogP contribution < -0.4 is 9.64 Å². The SMILES string of the molecule is COc1cc(S(=O)(=O)N2CCCC2)ccc1N1CC(=O)N(C(C)C)C1=O. The molecule has 2 heterocycles. The highest BCUT2D eigenvalue weighted by molar-refractivity contribution is 7.89. The zero-order valence-electron chi connectivity index (χ0n) is 15.1. The van der Waals surface area contributed by atoms with Gasteiger partial charge in [-0.2, -0.15) is 4.31 Å². The highest BCUT2D eigenvalue weighted by atomic mass is 32.2. The normalized spacial score (nSPS) is 19.1. The Morgan fingerprint density at radius 2 is 1.77 bits per heavy atom. The van der Waals surface area contributed by atoms with Gasteiger partial charge in [-0.25, -0.2) is 13.2 Å². The Hall–Kier alpha value is -2.13. The van der Waals surface area contributed by atoms with E-state index in [9.17, 15) is 18.0 Å². The lowest BCUT2D eigenvalue weighted by Crippen LogP contribution is -2.38. The minimum absolute atomic E-state index is 0.0917. The summed E-state index contributed by atoms with van der Waals surface area (Å²) in [6, 6.07) is 3.72. The fraction of sp³-hybridized carbons (Fsp3) is 0.529. The second-order valence-electron chi connectivity index (χ2n) is 6.67. The minimum Gasteiger partial charge on any atom is -0.495 e. The van der Waals surface area contributed by atoms with Gasteiger partial charge < -0.3 is 4.74 Å². The van der Waals surface area contributed by atoms with E-state index in [0.29, 0.717) is 18.8 Å². The van der Waals surface area contributed by atoms with Crippen LogP contribution in [0.1, 0.15) is 26.7 Å². The number of ether oxygens (including phenoxy) is 1. The van der Waals surface area contributed by atoms with E-state index in [4.69, 9.17) is 4.74 Å². The number of rotatable bonds is 5. The van der Waals surface area contributed by atoms with E-state index in [2.05, 4.69) is 0 Å². The van der Waals surface area contributed by atoms with Crippen molar-refractivity contribution in [1.29, 1.82) is 0 Å². The Morgan fingerprint density at radius 1 is 1.12 bits per heavy atom. The van der Waals surface area contributed by atoms with Crippen LogP contribution in [0.15, 0.2) is 23.1 Å². The molecule has 0 aromatic heterocycles. The topological polar surface area (TPSA) is 87.2 Å². The highest BCUT2D eigenvalue weighted by Crippen LogP contribution is 2.35. The molecule has 3 rings (SSSR count). The van der Waals surface area contributed by atoms with E-state index in [1.54, 1.807) is 13.8 Å². The fourth-order valence-corrected chi connectivity index (χ4v) is 4.86. The van der Waals surface area contributed by atoms with Gasteiger partial charge in [-0.1, -0.05) is 0 Å². The molecule has 0 N–H and O–H groups in total. The number of hydrogen-bond donors (Lipinski definition) is 0. The van der Waals surface area contributed by atoms with Crippen LogP contribution in [0.4, 0.5) is 10.5 Å². The van der Waals surface area contributed by atoms with E-state index in [1.807, 2.05) is 0 Å². The van der Waals surface area contributed by atoms with Crippen molar-refractivity contribution in [2.24, 2.45) is 0 Å². The van der Waals surface area contributed by atoms with Crippen LogP contribution in [0.3, 0.4) is 0 Å². The third-order valence-corrected chi connectivity index (χ3v) is 6.55. The van der Waals surface area contributed by atoms with Crippen molar-refractivity contribution in [2.75, 3.05) is 31.6 Å². The summed E-state index contributed by atoms with van der Waals surface area (Å²) in [7, 11) is -2.18. The van der Waals surface area contributed by atoms with Crippen molar-refractivity contribution in [3.63, 3.8) is 0 Å². The number of urea groups is 1. The molecule has 142 valence electrons. The summed E-state index contributed by atoms with van der Waals surface area (Å²) in [5, 5.41) is 0. The lowest BCUT2D eigenvalue weighted by atomic mass is 10.2. The van der Waals surface area contributed by atoms with Crippen molar-refractivity contribution in [1.82, 2.24) is 9.21 Å². The number of imide groups is 1. The van der Waals surface area contributed by atoms with Crippen LogP contribution in [0, 0.1) is 0 Å². The smallest absolute Gasteiger partial charge is 0.332 e. The molecule has 8 nitrogen and oxygen atoms in total. The van der Waals surface area contributed by atoms with Gasteiger partial charge >= 0.3 is 6.03 Å². The Bertz CT molecular complexity index is 831. The predicted molar refractivity (Wildman–Crippen MR) is 95.7 cm³/mol. The third-order valence-electron chi connectivity index (χ3n) is 4.66. The van der Waals surface area contributed by atoms with Gasteiger partial charge in [0.25, 0.3) is 5.91 Å². The largest absolute Gasteiger partial charge is 0.495 e. The lowest BCUT2D eigenvalue weighted by Gasteiger charge is -2.22. The molecule has 2 fully saturated rings. The van der Waals surface area contributed by atoms with E-state index >= 15 is 0 Å². The molecule has 2 aliphatic heterocycles. The maximum atomic E-state index is 12.7. The molecule has 0 aliphatic carbocycles. The maximum absolute atomic E-state index is 12.7. The number of hydrogen-bond acceptors (Lipinski definition) is 5. The van der Waals surface area contributed by atoms with Crippen LogP contribution in [-0.2, 0) is 14.8 Å². The van der Waals surface area contributed by atoms with Crippen molar-refractivity contribution in [3.05, 3.63) is 18.2 Å². The first-order chi connectivity index (χ1) is 12.3. The first kappa shape index (κ1) is 18.7. The molecule has 0 radical (unpaired) electrons. The van der Waals surface area contributed by atoms with Crippen LogP contribution in [0.5, 0.6) is 5.75 Å². The van der Waals surface area contributed by atoms with Crippen molar-refractivity contribution >= 4 is 27.6 Å². The van der Waals surface area contributed by atoms with Crippen molar-refractivity contribution in [2.45, 2.75) is 37.6 Å². The standard InChI is InChI=1S/C17H23N3O5S/c1-12(2)20-16(21)11-19(17(20)22)14-7-6-13(10-15(14)25-3)26(23,24)18-8-4-5-9-18/h6-7,10,12H,4-5,8-9,11H2,1-3H3. The third kappa shape index (κ3) is 3.05.